The number of Topliss-reactive ketones (excluding diaryl/α,β-unsaturated/α-hetero) is 1. The van der Waals surface area contributed by atoms with E-state index in [0.717, 1.165) is 10.7 Å². The predicted octanol–water partition coefficient (Wildman–Crippen LogP) is 3.09. The molecule has 0 radical (unpaired) electrons. The van der Waals surface area contributed by atoms with Gasteiger partial charge in [-0.05, 0) is 12.1 Å². The normalized spacial score (nSPS) is 11.6. The van der Waals surface area contributed by atoms with Crippen molar-refractivity contribution in [2.45, 2.75) is 13.1 Å². The summed E-state index contributed by atoms with van der Waals surface area (Å²) in [6, 6.07) is 8.97. The second kappa shape index (κ2) is 4.29. The van der Waals surface area contributed by atoms with Crippen LogP contribution in [0.1, 0.15) is 23.1 Å². The van der Waals surface area contributed by atoms with E-state index in [2.05, 4.69) is 5.10 Å². The van der Waals surface area contributed by atoms with E-state index < -0.39 is 17.7 Å². The van der Waals surface area contributed by atoms with Gasteiger partial charge in [-0.3, -0.25) is 4.79 Å². The zero-order chi connectivity index (χ0) is 13.3. The van der Waals surface area contributed by atoms with Crippen molar-refractivity contribution in [3.8, 4) is 5.69 Å². The van der Waals surface area contributed by atoms with Gasteiger partial charge in [0.15, 0.2) is 11.5 Å². The lowest BCUT2D eigenvalue weighted by Gasteiger charge is -2.04. The van der Waals surface area contributed by atoms with Crippen LogP contribution in [0.4, 0.5) is 13.2 Å². The zero-order valence-corrected chi connectivity index (χ0v) is 9.40. The summed E-state index contributed by atoms with van der Waals surface area (Å²) in [5.74, 6) is -0.471. The third-order valence-corrected chi connectivity index (χ3v) is 2.36. The van der Waals surface area contributed by atoms with Gasteiger partial charge in [0.1, 0.15) is 5.69 Å². The van der Waals surface area contributed by atoms with E-state index in [-0.39, 0.29) is 5.69 Å². The molecule has 0 amide bonds. The van der Waals surface area contributed by atoms with Crippen molar-refractivity contribution >= 4 is 5.78 Å². The summed E-state index contributed by atoms with van der Waals surface area (Å²) in [5.41, 5.74) is -0.747. The minimum Gasteiger partial charge on any atom is -0.293 e. The summed E-state index contributed by atoms with van der Waals surface area (Å²) < 4.78 is 38.7. The van der Waals surface area contributed by atoms with Crippen LogP contribution in [0.15, 0.2) is 36.4 Å². The van der Waals surface area contributed by atoms with Gasteiger partial charge >= 0.3 is 6.18 Å². The smallest absolute Gasteiger partial charge is 0.293 e. The van der Waals surface area contributed by atoms with Gasteiger partial charge in [0.25, 0.3) is 0 Å². The number of aromatic nitrogens is 2. The predicted molar refractivity (Wildman–Crippen MR) is 58.6 cm³/mol. The van der Waals surface area contributed by atoms with Crippen LogP contribution in [0.5, 0.6) is 0 Å². The molecule has 1 aromatic carbocycles. The molecule has 1 heterocycles. The molecule has 0 aliphatic carbocycles. The second-order valence-electron chi connectivity index (χ2n) is 3.72. The highest BCUT2D eigenvalue weighted by Crippen LogP contribution is 2.29. The molecule has 2 rings (SSSR count). The zero-order valence-electron chi connectivity index (χ0n) is 9.40. The molecule has 0 aliphatic heterocycles. The lowest BCUT2D eigenvalue weighted by Crippen LogP contribution is -2.08. The molecular weight excluding hydrogens is 245 g/mol. The second-order valence-corrected chi connectivity index (χ2v) is 3.72. The van der Waals surface area contributed by atoms with Crippen molar-refractivity contribution in [2.24, 2.45) is 0 Å². The maximum Gasteiger partial charge on any atom is 0.435 e. The van der Waals surface area contributed by atoms with Crippen LogP contribution >= 0.6 is 0 Å². The fourth-order valence-electron chi connectivity index (χ4n) is 1.54. The van der Waals surface area contributed by atoms with Crippen LogP contribution in [0.2, 0.25) is 0 Å². The van der Waals surface area contributed by atoms with E-state index >= 15 is 0 Å². The average molecular weight is 254 g/mol. The summed E-state index contributed by atoms with van der Waals surface area (Å²) in [6.45, 7) is 1.20. The van der Waals surface area contributed by atoms with E-state index in [0.29, 0.717) is 5.69 Å². The Morgan fingerprint density at radius 2 is 1.83 bits per heavy atom. The Morgan fingerprint density at radius 1 is 1.22 bits per heavy atom. The number of nitrogens with zero attached hydrogens (tertiary/aromatic N) is 2. The first-order chi connectivity index (χ1) is 8.39. The number of carbonyl (C=O) groups excluding carboxylic acids is 1. The number of rotatable bonds is 2. The fraction of sp³-hybridized carbons (Fsp3) is 0.167. The monoisotopic (exact) mass is 254 g/mol. The minimum absolute atomic E-state index is 0.0893. The first-order valence-corrected chi connectivity index (χ1v) is 5.13. The van der Waals surface area contributed by atoms with Gasteiger partial charge in [-0.1, -0.05) is 18.2 Å². The van der Waals surface area contributed by atoms with Crippen molar-refractivity contribution < 1.29 is 18.0 Å². The van der Waals surface area contributed by atoms with E-state index in [1.54, 1.807) is 30.3 Å². The van der Waals surface area contributed by atoms with Crippen molar-refractivity contribution in [3.63, 3.8) is 0 Å². The molecule has 18 heavy (non-hydrogen) atoms. The molecule has 6 heteroatoms. The van der Waals surface area contributed by atoms with E-state index in [1.807, 2.05) is 0 Å². The lowest BCUT2D eigenvalue weighted by atomic mass is 10.2. The van der Waals surface area contributed by atoms with Gasteiger partial charge in [0.2, 0.25) is 0 Å². The Labute approximate surface area is 101 Å². The van der Waals surface area contributed by atoms with Gasteiger partial charge in [-0.25, -0.2) is 4.68 Å². The molecular formula is C12H9F3N2O. The number of para-hydroxylation sites is 1. The largest absolute Gasteiger partial charge is 0.435 e. The summed E-state index contributed by atoms with van der Waals surface area (Å²) in [7, 11) is 0. The molecule has 0 fully saturated rings. The molecule has 2 aromatic rings. The summed E-state index contributed by atoms with van der Waals surface area (Å²) in [4.78, 5) is 11.4. The molecule has 0 saturated heterocycles. The average Bonchev–Trinajstić information content (AvgIpc) is 2.74. The van der Waals surface area contributed by atoms with Crippen molar-refractivity contribution in [1.29, 1.82) is 0 Å². The van der Waals surface area contributed by atoms with Crippen LogP contribution in [-0.4, -0.2) is 15.6 Å². The number of hydrogen-bond donors (Lipinski definition) is 0. The van der Waals surface area contributed by atoms with E-state index in [4.69, 9.17) is 0 Å². The standard InChI is InChI=1S/C12H9F3N2O/c1-8(18)10-7-11(12(13,14)15)16-17(10)9-5-3-2-4-6-9/h2-7H,1H3. The molecule has 0 N–H and O–H groups in total. The lowest BCUT2D eigenvalue weighted by molar-refractivity contribution is -0.141. The third kappa shape index (κ3) is 2.27. The Morgan fingerprint density at radius 3 is 2.33 bits per heavy atom. The number of ketones is 1. The summed E-state index contributed by atoms with van der Waals surface area (Å²) in [6.07, 6.45) is -4.57. The number of hydrogen-bond acceptors (Lipinski definition) is 2. The van der Waals surface area contributed by atoms with E-state index in [9.17, 15) is 18.0 Å². The maximum absolute atomic E-state index is 12.6. The molecule has 0 aliphatic rings. The number of alkyl halides is 3. The fourth-order valence-corrected chi connectivity index (χ4v) is 1.54. The molecule has 3 nitrogen and oxygen atoms in total. The number of carbonyl (C=O) groups is 1. The molecule has 0 bridgehead atoms. The van der Waals surface area contributed by atoms with Crippen LogP contribution in [0.25, 0.3) is 5.69 Å². The molecule has 94 valence electrons. The highest BCUT2D eigenvalue weighted by Gasteiger charge is 2.35. The summed E-state index contributed by atoms with van der Waals surface area (Å²) in [5, 5.41) is 3.44. The van der Waals surface area contributed by atoms with Crippen molar-refractivity contribution in [2.75, 3.05) is 0 Å². The van der Waals surface area contributed by atoms with Crippen molar-refractivity contribution in [3.05, 3.63) is 47.8 Å². The van der Waals surface area contributed by atoms with Crippen molar-refractivity contribution in [1.82, 2.24) is 9.78 Å². The van der Waals surface area contributed by atoms with Crippen LogP contribution in [0, 0.1) is 0 Å². The molecule has 0 unspecified atom stereocenters. The molecule has 0 atom stereocenters. The van der Waals surface area contributed by atoms with E-state index in [1.165, 1.54) is 6.92 Å². The molecule has 0 spiro atoms. The molecule has 0 saturated carbocycles. The van der Waals surface area contributed by atoms with Gasteiger partial charge < -0.3 is 0 Å². The SMILES string of the molecule is CC(=O)c1cc(C(F)(F)F)nn1-c1ccccc1. The first-order valence-electron chi connectivity index (χ1n) is 5.13. The quantitative estimate of drug-likeness (QED) is 0.772. The highest BCUT2D eigenvalue weighted by atomic mass is 19.4. The van der Waals surface area contributed by atoms with Crippen LogP contribution in [0.3, 0.4) is 0 Å². The number of benzene rings is 1. The third-order valence-electron chi connectivity index (χ3n) is 2.36. The Balaban J connectivity index is 2.60. The van der Waals surface area contributed by atoms with Crippen LogP contribution < -0.4 is 0 Å². The molecule has 1 aromatic heterocycles. The van der Waals surface area contributed by atoms with Gasteiger partial charge in [-0.2, -0.15) is 18.3 Å². The Kier molecular flexibility index (Phi) is 2.94. The Bertz CT molecular complexity index is 573. The van der Waals surface area contributed by atoms with Crippen LogP contribution in [-0.2, 0) is 6.18 Å². The Hall–Kier alpha value is -2.11. The number of halogens is 3. The topological polar surface area (TPSA) is 34.9 Å². The van der Waals surface area contributed by atoms with Gasteiger partial charge in [0, 0.05) is 13.0 Å². The van der Waals surface area contributed by atoms with Gasteiger partial charge in [0.05, 0.1) is 5.69 Å². The van der Waals surface area contributed by atoms with Gasteiger partial charge in [-0.15, -0.1) is 0 Å². The highest BCUT2D eigenvalue weighted by molar-refractivity contribution is 5.93. The summed E-state index contributed by atoms with van der Waals surface area (Å²) >= 11 is 0. The maximum atomic E-state index is 12.6. The minimum atomic E-state index is -4.57. The first kappa shape index (κ1) is 12.3.